The highest BCUT2D eigenvalue weighted by Crippen LogP contribution is 2.29. The molecule has 0 radical (unpaired) electrons. The first-order valence-electron chi connectivity index (χ1n) is 6.66. The maximum absolute atomic E-state index is 12.4. The first kappa shape index (κ1) is 12.9. The van der Waals surface area contributed by atoms with Gasteiger partial charge in [0.2, 0.25) is 0 Å². The summed E-state index contributed by atoms with van der Waals surface area (Å²) in [5.41, 5.74) is 0.401. The van der Waals surface area contributed by atoms with E-state index in [1.807, 2.05) is 7.05 Å². The Hall–Kier alpha value is -1.51. The molecule has 2 unspecified atom stereocenters. The summed E-state index contributed by atoms with van der Waals surface area (Å²) in [7, 11) is 1.85. The minimum absolute atomic E-state index is 0.0674. The third kappa shape index (κ3) is 2.50. The van der Waals surface area contributed by atoms with Crippen molar-refractivity contribution < 1.29 is 9.90 Å². The van der Waals surface area contributed by atoms with E-state index in [0.29, 0.717) is 17.5 Å². The summed E-state index contributed by atoms with van der Waals surface area (Å²) in [6.45, 7) is 2.21. The summed E-state index contributed by atoms with van der Waals surface area (Å²) in [5, 5.41) is 9.75. The second-order valence-corrected chi connectivity index (χ2v) is 5.26. The Kier molecular flexibility index (Phi) is 3.90. The standard InChI is InChI=1S/C15H21NO2/c1-11-7-3-5-9-13(11)16(2)15(18)12-8-4-6-10-14(12)17/h4,6,8,10-11,13,17H,3,5,7,9H2,1-2H3. The average molecular weight is 247 g/mol. The van der Waals surface area contributed by atoms with Crippen LogP contribution in [-0.2, 0) is 0 Å². The molecule has 18 heavy (non-hydrogen) atoms. The number of aromatic hydroxyl groups is 1. The van der Waals surface area contributed by atoms with Crippen LogP contribution in [0.4, 0.5) is 0 Å². The van der Waals surface area contributed by atoms with Crippen LogP contribution in [0.15, 0.2) is 24.3 Å². The van der Waals surface area contributed by atoms with E-state index in [-0.39, 0.29) is 11.7 Å². The highest BCUT2D eigenvalue weighted by Gasteiger charge is 2.29. The van der Waals surface area contributed by atoms with E-state index in [9.17, 15) is 9.90 Å². The number of nitrogens with zero attached hydrogens (tertiary/aromatic N) is 1. The molecular weight excluding hydrogens is 226 g/mol. The van der Waals surface area contributed by atoms with Crippen LogP contribution in [0.5, 0.6) is 5.75 Å². The van der Waals surface area contributed by atoms with E-state index in [1.165, 1.54) is 19.3 Å². The summed E-state index contributed by atoms with van der Waals surface area (Å²) in [6, 6.07) is 7.05. The Labute approximate surface area is 108 Å². The average Bonchev–Trinajstić information content (AvgIpc) is 2.38. The van der Waals surface area contributed by atoms with Crippen LogP contribution in [0.25, 0.3) is 0 Å². The largest absolute Gasteiger partial charge is 0.507 e. The molecule has 0 aromatic heterocycles. The molecule has 1 fully saturated rings. The van der Waals surface area contributed by atoms with Gasteiger partial charge in [0.25, 0.3) is 5.91 Å². The Morgan fingerprint density at radius 2 is 1.94 bits per heavy atom. The van der Waals surface area contributed by atoms with Crippen molar-refractivity contribution in [3.8, 4) is 5.75 Å². The van der Waals surface area contributed by atoms with Gasteiger partial charge in [0.1, 0.15) is 5.75 Å². The molecule has 1 aromatic carbocycles. The lowest BCUT2D eigenvalue weighted by Gasteiger charge is -2.36. The normalized spacial score (nSPS) is 23.7. The zero-order chi connectivity index (χ0) is 13.1. The van der Waals surface area contributed by atoms with Gasteiger partial charge in [0.05, 0.1) is 5.56 Å². The van der Waals surface area contributed by atoms with E-state index in [0.717, 1.165) is 6.42 Å². The molecule has 0 aliphatic heterocycles. The minimum Gasteiger partial charge on any atom is -0.507 e. The molecule has 98 valence electrons. The molecule has 1 aromatic rings. The maximum atomic E-state index is 12.4. The summed E-state index contributed by atoms with van der Waals surface area (Å²) in [5.74, 6) is 0.531. The van der Waals surface area contributed by atoms with Gasteiger partial charge >= 0.3 is 0 Å². The Balaban J connectivity index is 2.16. The Morgan fingerprint density at radius 1 is 1.28 bits per heavy atom. The van der Waals surface area contributed by atoms with Crippen LogP contribution in [0, 0.1) is 5.92 Å². The van der Waals surface area contributed by atoms with E-state index >= 15 is 0 Å². The van der Waals surface area contributed by atoms with Gasteiger partial charge in [0, 0.05) is 13.1 Å². The van der Waals surface area contributed by atoms with Gasteiger partial charge in [-0.2, -0.15) is 0 Å². The lowest BCUT2D eigenvalue weighted by Crippen LogP contribution is -2.42. The minimum atomic E-state index is -0.0770. The molecule has 2 atom stereocenters. The van der Waals surface area contributed by atoms with Gasteiger partial charge in [0.15, 0.2) is 0 Å². The fraction of sp³-hybridized carbons (Fsp3) is 0.533. The first-order valence-corrected chi connectivity index (χ1v) is 6.66. The van der Waals surface area contributed by atoms with Crippen molar-refractivity contribution in [2.45, 2.75) is 38.6 Å². The van der Waals surface area contributed by atoms with Crippen LogP contribution in [0.2, 0.25) is 0 Å². The molecule has 0 spiro atoms. The Bertz CT molecular complexity index is 430. The quantitative estimate of drug-likeness (QED) is 0.872. The van der Waals surface area contributed by atoms with E-state index < -0.39 is 0 Å². The molecular formula is C15H21NO2. The van der Waals surface area contributed by atoms with Gasteiger partial charge in [-0.05, 0) is 30.9 Å². The third-order valence-electron chi connectivity index (χ3n) is 4.02. The number of carbonyl (C=O) groups is 1. The second-order valence-electron chi connectivity index (χ2n) is 5.26. The fourth-order valence-electron chi connectivity index (χ4n) is 2.87. The lowest BCUT2D eigenvalue weighted by atomic mass is 9.85. The van der Waals surface area contributed by atoms with Crippen LogP contribution in [0.3, 0.4) is 0 Å². The van der Waals surface area contributed by atoms with Crippen molar-refractivity contribution in [1.82, 2.24) is 4.90 Å². The molecule has 1 aliphatic carbocycles. The third-order valence-corrected chi connectivity index (χ3v) is 4.02. The summed E-state index contributed by atoms with van der Waals surface area (Å²) in [4.78, 5) is 14.2. The Morgan fingerprint density at radius 3 is 2.61 bits per heavy atom. The molecule has 1 saturated carbocycles. The second kappa shape index (κ2) is 5.42. The first-order chi connectivity index (χ1) is 8.61. The highest BCUT2D eigenvalue weighted by molar-refractivity contribution is 5.96. The SMILES string of the molecule is CC1CCCCC1N(C)C(=O)c1ccccc1O. The van der Waals surface area contributed by atoms with Gasteiger partial charge < -0.3 is 10.0 Å². The molecule has 1 aliphatic rings. The van der Waals surface area contributed by atoms with Crippen molar-refractivity contribution in [3.63, 3.8) is 0 Å². The number of benzene rings is 1. The van der Waals surface area contributed by atoms with Crippen molar-refractivity contribution in [2.24, 2.45) is 5.92 Å². The summed E-state index contributed by atoms with van der Waals surface area (Å²) in [6.07, 6.45) is 4.70. The van der Waals surface area contributed by atoms with Crippen molar-refractivity contribution in [1.29, 1.82) is 0 Å². The molecule has 1 N–H and O–H groups in total. The van der Waals surface area contributed by atoms with Crippen LogP contribution in [-0.4, -0.2) is 29.0 Å². The summed E-state index contributed by atoms with van der Waals surface area (Å²) < 4.78 is 0. The molecule has 0 heterocycles. The fourth-order valence-corrected chi connectivity index (χ4v) is 2.87. The number of rotatable bonds is 2. The lowest BCUT2D eigenvalue weighted by molar-refractivity contribution is 0.0626. The number of para-hydroxylation sites is 1. The van der Waals surface area contributed by atoms with Crippen molar-refractivity contribution in [3.05, 3.63) is 29.8 Å². The number of carbonyl (C=O) groups excluding carboxylic acids is 1. The number of phenolic OH excluding ortho intramolecular Hbond substituents is 1. The molecule has 1 amide bonds. The monoisotopic (exact) mass is 247 g/mol. The van der Waals surface area contributed by atoms with Gasteiger partial charge in [-0.1, -0.05) is 31.9 Å². The summed E-state index contributed by atoms with van der Waals surface area (Å²) >= 11 is 0. The molecule has 2 rings (SSSR count). The van der Waals surface area contributed by atoms with Crippen LogP contribution in [0.1, 0.15) is 43.0 Å². The van der Waals surface area contributed by atoms with E-state index in [2.05, 4.69) is 6.92 Å². The molecule has 3 heteroatoms. The number of amides is 1. The topological polar surface area (TPSA) is 40.5 Å². The van der Waals surface area contributed by atoms with Crippen LogP contribution < -0.4 is 0 Å². The smallest absolute Gasteiger partial charge is 0.257 e. The van der Waals surface area contributed by atoms with Crippen molar-refractivity contribution >= 4 is 5.91 Å². The van der Waals surface area contributed by atoms with Crippen molar-refractivity contribution in [2.75, 3.05) is 7.05 Å². The molecule has 0 saturated heterocycles. The number of hydrogen-bond donors (Lipinski definition) is 1. The predicted molar refractivity (Wildman–Crippen MR) is 71.6 cm³/mol. The zero-order valence-corrected chi connectivity index (χ0v) is 11.1. The van der Waals surface area contributed by atoms with Gasteiger partial charge in [-0.25, -0.2) is 0 Å². The molecule has 3 nitrogen and oxygen atoms in total. The van der Waals surface area contributed by atoms with E-state index in [1.54, 1.807) is 29.2 Å². The highest BCUT2D eigenvalue weighted by atomic mass is 16.3. The van der Waals surface area contributed by atoms with E-state index in [4.69, 9.17) is 0 Å². The van der Waals surface area contributed by atoms with Crippen LogP contribution >= 0.6 is 0 Å². The zero-order valence-electron chi connectivity index (χ0n) is 11.1. The predicted octanol–water partition coefficient (Wildman–Crippen LogP) is 3.04. The molecule has 0 bridgehead atoms. The van der Waals surface area contributed by atoms with Gasteiger partial charge in [-0.3, -0.25) is 4.79 Å². The number of hydrogen-bond acceptors (Lipinski definition) is 2. The van der Waals surface area contributed by atoms with Gasteiger partial charge in [-0.15, -0.1) is 0 Å². The maximum Gasteiger partial charge on any atom is 0.257 e. The number of phenols is 1.